The molecule has 0 spiro atoms. The van der Waals surface area contributed by atoms with E-state index in [0.29, 0.717) is 17.7 Å². The Labute approximate surface area is 172 Å². The van der Waals surface area contributed by atoms with Gasteiger partial charge in [0.2, 0.25) is 0 Å². The summed E-state index contributed by atoms with van der Waals surface area (Å²) in [5, 5.41) is 7.45. The molecule has 1 unspecified atom stereocenters. The lowest BCUT2D eigenvalue weighted by atomic mass is 10.3. The molecule has 8 heteroatoms. The van der Waals surface area contributed by atoms with Gasteiger partial charge in [-0.1, -0.05) is 24.9 Å². The number of anilines is 1. The van der Waals surface area contributed by atoms with E-state index in [2.05, 4.69) is 32.4 Å². The molecule has 0 amide bonds. The van der Waals surface area contributed by atoms with Crippen molar-refractivity contribution >= 4 is 47.4 Å². The monoisotopic (exact) mass is 481 g/mol. The summed E-state index contributed by atoms with van der Waals surface area (Å²) in [6, 6.07) is 4.06. The van der Waals surface area contributed by atoms with E-state index in [1.54, 1.807) is 13.2 Å². The number of nitrogens with one attached hydrogen (secondary N) is 2. The van der Waals surface area contributed by atoms with Crippen LogP contribution < -0.4 is 15.5 Å². The van der Waals surface area contributed by atoms with Crippen molar-refractivity contribution < 1.29 is 4.74 Å². The highest BCUT2D eigenvalue weighted by Gasteiger charge is 2.25. The maximum Gasteiger partial charge on any atom is 0.191 e. The van der Waals surface area contributed by atoms with Crippen LogP contribution in [0.1, 0.15) is 26.2 Å². The number of pyridine rings is 1. The van der Waals surface area contributed by atoms with Gasteiger partial charge in [0, 0.05) is 45.5 Å². The van der Waals surface area contributed by atoms with Gasteiger partial charge < -0.3 is 20.3 Å². The molecule has 2 N–H and O–H groups in total. The fourth-order valence-electron chi connectivity index (χ4n) is 2.66. The van der Waals surface area contributed by atoms with Crippen LogP contribution in [0.3, 0.4) is 0 Å². The topological polar surface area (TPSA) is 61.8 Å². The molecule has 0 saturated carbocycles. The molecule has 1 aromatic heterocycles. The van der Waals surface area contributed by atoms with E-state index in [1.807, 2.05) is 12.1 Å². The number of unbranched alkanes of at least 4 members (excludes halogenated alkanes) is 1. The summed E-state index contributed by atoms with van der Waals surface area (Å²) in [4.78, 5) is 10.9. The lowest BCUT2D eigenvalue weighted by molar-refractivity contribution is 0.136. The fraction of sp³-hybridized carbons (Fsp3) is 0.647. The van der Waals surface area contributed by atoms with Crippen molar-refractivity contribution in [3.63, 3.8) is 0 Å². The molecular weight excluding hydrogens is 453 g/mol. The molecule has 2 rings (SSSR count). The first kappa shape index (κ1) is 22.2. The molecule has 0 aromatic carbocycles. The minimum absolute atomic E-state index is 0. The second kappa shape index (κ2) is 12.5. The Morgan fingerprint density at radius 1 is 1.48 bits per heavy atom. The molecule has 142 valence electrons. The molecule has 1 aromatic rings. The van der Waals surface area contributed by atoms with Crippen LogP contribution in [0.25, 0.3) is 0 Å². The van der Waals surface area contributed by atoms with E-state index >= 15 is 0 Å². The number of aromatic nitrogens is 1. The Morgan fingerprint density at radius 2 is 2.32 bits per heavy atom. The van der Waals surface area contributed by atoms with E-state index in [-0.39, 0.29) is 24.0 Å². The van der Waals surface area contributed by atoms with Crippen LogP contribution in [0, 0.1) is 0 Å². The van der Waals surface area contributed by atoms with E-state index in [4.69, 9.17) is 16.3 Å². The number of guanidine groups is 1. The number of halogens is 2. The Kier molecular flexibility index (Phi) is 11.2. The van der Waals surface area contributed by atoms with Crippen molar-refractivity contribution in [3.8, 4) is 0 Å². The minimum atomic E-state index is 0. The Bertz CT molecular complexity index is 532. The molecule has 1 aliphatic rings. The van der Waals surface area contributed by atoms with Gasteiger partial charge in [-0.25, -0.2) is 4.98 Å². The third-order valence-corrected chi connectivity index (χ3v) is 4.27. The van der Waals surface area contributed by atoms with Crippen molar-refractivity contribution in [1.82, 2.24) is 15.6 Å². The van der Waals surface area contributed by atoms with Gasteiger partial charge >= 0.3 is 0 Å². The van der Waals surface area contributed by atoms with Crippen LogP contribution in [-0.2, 0) is 4.74 Å². The third-order valence-electron chi connectivity index (χ3n) is 3.97. The maximum atomic E-state index is 6.23. The van der Waals surface area contributed by atoms with Crippen LogP contribution in [-0.4, -0.2) is 56.9 Å². The van der Waals surface area contributed by atoms with Gasteiger partial charge in [0.15, 0.2) is 5.96 Å². The average Bonchev–Trinajstić information content (AvgIpc) is 3.05. The van der Waals surface area contributed by atoms with Crippen LogP contribution in [0.5, 0.6) is 0 Å². The second-order valence-electron chi connectivity index (χ2n) is 5.85. The molecule has 1 fully saturated rings. The summed E-state index contributed by atoms with van der Waals surface area (Å²) in [7, 11) is 1.79. The van der Waals surface area contributed by atoms with Gasteiger partial charge in [0.25, 0.3) is 0 Å². The molecule has 1 atom stereocenters. The summed E-state index contributed by atoms with van der Waals surface area (Å²) < 4.78 is 5.55. The molecular formula is C17H29ClIN5O. The van der Waals surface area contributed by atoms with Crippen molar-refractivity contribution in [2.75, 3.05) is 44.8 Å². The minimum Gasteiger partial charge on any atom is -0.380 e. The van der Waals surface area contributed by atoms with Gasteiger partial charge in [-0.2, -0.15) is 0 Å². The summed E-state index contributed by atoms with van der Waals surface area (Å²) in [6.07, 6.45) is 5.08. The molecule has 6 nitrogen and oxygen atoms in total. The predicted octanol–water partition coefficient (Wildman–Crippen LogP) is 2.91. The molecule has 0 aliphatic carbocycles. The lowest BCUT2D eigenvalue weighted by Gasteiger charge is -2.20. The molecule has 25 heavy (non-hydrogen) atoms. The number of hydrogen-bond donors (Lipinski definition) is 2. The SMILES string of the molecule is CCCCOCCNC(=NC)NC1CCN(c2ncccc2Cl)C1.I. The standard InChI is InChI=1S/C17H28ClN5O.HI/c1-3-4-11-24-12-9-21-17(19-2)22-14-7-10-23(13-14)16-15(18)6-5-8-20-16;/h5-6,8,14H,3-4,7,9-13H2,1-2H3,(H2,19,21,22);1H. The summed E-state index contributed by atoms with van der Waals surface area (Å²) >= 11 is 6.23. The Hall–Kier alpha value is -0.800. The van der Waals surface area contributed by atoms with Crippen molar-refractivity contribution in [1.29, 1.82) is 0 Å². The van der Waals surface area contributed by atoms with Crippen molar-refractivity contribution in [2.45, 2.75) is 32.2 Å². The van der Waals surface area contributed by atoms with Crippen LogP contribution in [0.2, 0.25) is 5.02 Å². The van der Waals surface area contributed by atoms with Crippen LogP contribution in [0.15, 0.2) is 23.3 Å². The highest BCUT2D eigenvalue weighted by Crippen LogP contribution is 2.25. The molecule has 1 aliphatic heterocycles. The zero-order valence-corrected chi connectivity index (χ0v) is 18.1. The first-order valence-corrected chi connectivity index (χ1v) is 9.02. The lowest BCUT2D eigenvalue weighted by Crippen LogP contribution is -2.45. The van der Waals surface area contributed by atoms with Gasteiger partial charge in [-0.3, -0.25) is 4.99 Å². The van der Waals surface area contributed by atoms with E-state index in [0.717, 1.165) is 57.3 Å². The van der Waals surface area contributed by atoms with Crippen LogP contribution >= 0.6 is 35.6 Å². The summed E-state index contributed by atoms with van der Waals surface area (Å²) in [5.41, 5.74) is 0. The maximum absolute atomic E-state index is 6.23. The van der Waals surface area contributed by atoms with Gasteiger partial charge in [0.1, 0.15) is 5.82 Å². The van der Waals surface area contributed by atoms with E-state index in [1.165, 1.54) is 0 Å². The number of nitrogens with zero attached hydrogens (tertiary/aromatic N) is 3. The first-order valence-electron chi connectivity index (χ1n) is 8.65. The molecule has 1 saturated heterocycles. The quantitative estimate of drug-likeness (QED) is 0.259. The molecule has 0 radical (unpaired) electrons. The number of hydrogen-bond acceptors (Lipinski definition) is 4. The number of rotatable bonds is 8. The van der Waals surface area contributed by atoms with E-state index < -0.39 is 0 Å². The average molecular weight is 482 g/mol. The summed E-state index contributed by atoms with van der Waals surface area (Å²) in [5.74, 6) is 1.67. The molecule has 2 heterocycles. The normalized spacial score (nSPS) is 17.3. The number of aliphatic imine (C=N–C) groups is 1. The highest BCUT2D eigenvalue weighted by molar-refractivity contribution is 14.0. The predicted molar refractivity (Wildman–Crippen MR) is 116 cm³/mol. The first-order chi connectivity index (χ1) is 11.7. The van der Waals surface area contributed by atoms with Crippen LogP contribution in [0.4, 0.5) is 5.82 Å². The number of ether oxygens (including phenoxy) is 1. The van der Waals surface area contributed by atoms with E-state index in [9.17, 15) is 0 Å². The van der Waals surface area contributed by atoms with Crippen molar-refractivity contribution in [2.24, 2.45) is 4.99 Å². The summed E-state index contributed by atoms with van der Waals surface area (Å²) in [6.45, 7) is 6.24. The zero-order chi connectivity index (χ0) is 17.2. The fourth-order valence-corrected chi connectivity index (χ4v) is 2.90. The molecule has 0 bridgehead atoms. The van der Waals surface area contributed by atoms with Gasteiger partial charge in [-0.05, 0) is 25.0 Å². The Morgan fingerprint density at radius 3 is 3.04 bits per heavy atom. The third kappa shape index (κ3) is 7.53. The zero-order valence-electron chi connectivity index (χ0n) is 15.0. The van der Waals surface area contributed by atoms with Crippen molar-refractivity contribution in [3.05, 3.63) is 23.4 Å². The highest BCUT2D eigenvalue weighted by atomic mass is 127. The Balaban J connectivity index is 0.00000312. The largest absolute Gasteiger partial charge is 0.380 e. The smallest absolute Gasteiger partial charge is 0.191 e. The second-order valence-corrected chi connectivity index (χ2v) is 6.26. The van der Waals surface area contributed by atoms with Gasteiger partial charge in [-0.15, -0.1) is 24.0 Å². The van der Waals surface area contributed by atoms with Gasteiger partial charge in [0.05, 0.1) is 11.6 Å².